The molecule has 2 heterocycles. The molecule has 0 aliphatic heterocycles. The van der Waals surface area contributed by atoms with E-state index in [1.807, 2.05) is 14.0 Å². The summed E-state index contributed by atoms with van der Waals surface area (Å²) in [5.41, 5.74) is 1.19. The minimum atomic E-state index is -0.375. The number of aromatic nitrogens is 6. The van der Waals surface area contributed by atoms with Crippen LogP contribution >= 0.6 is 0 Å². The van der Waals surface area contributed by atoms with Crippen LogP contribution in [-0.2, 0) is 20.7 Å². The second kappa shape index (κ2) is 5.47. The maximum Gasteiger partial charge on any atom is 0.369 e. The highest BCUT2D eigenvalue weighted by atomic mass is 16.5. The van der Waals surface area contributed by atoms with Gasteiger partial charge in [0.25, 0.3) is 0 Å². The van der Waals surface area contributed by atoms with E-state index in [4.69, 9.17) is 6.11 Å². The molecule has 0 N–H and O–H groups in total. The lowest BCUT2D eigenvalue weighted by Gasteiger charge is -2.10. The minimum Gasteiger partial charge on any atom is -0.487 e. The predicted octanol–water partition coefficient (Wildman–Crippen LogP) is 0.587. The Kier molecular flexibility index (Phi) is 3.19. The summed E-state index contributed by atoms with van der Waals surface area (Å²) in [5, 5.41) is 7.50. The van der Waals surface area contributed by atoms with Crippen LogP contribution in [-0.4, -0.2) is 29.3 Å². The first kappa shape index (κ1) is 12.8. The van der Waals surface area contributed by atoms with Crippen LogP contribution in [0.1, 0.15) is 12.6 Å². The van der Waals surface area contributed by atoms with Crippen molar-refractivity contribution in [3.8, 4) is 11.6 Å². The molecule has 0 unspecified atom stereocenters. The fraction of sp³-hybridized carbons (Fsp3) is 0.286. The highest BCUT2D eigenvalue weighted by Gasteiger charge is 2.16. The van der Waals surface area contributed by atoms with Crippen molar-refractivity contribution in [3.05, 3.63) is 52.3 Å². The second-order valence-electron chi connectivity index (χ2n) is 4.90. The zero-order valence-electron chi connectivity index (χ0n) is 13.5. The van der Waals surface area contributed by atoms with E-state index in [2.05, 4.69) is 15.4 Å². The molecule has 0 aliphatic carbocycles. The molecule has 0 radical (unpaired) electrons. The number of benzene rings is 1. The van der Waals surface area contributed by atoms with E-state index in [1.165, 1.54) is 7.05 Å². The van der Waals surface area contributed by atoms with Gasteiger partial charge in [0.2, 0.25) is 0 Å². The number of hydrogen-bond donors (Lipinski definition) is 0. The Morgan fingerprint density at radius 2 is 2.14 bits per heavy atom. The Morgan fingerprint density at radius 1 is 1.32 bits per heavy atom. The van der Waals surface area contributed by atoms with Gasteiger partial charge in [-0.15, -0.1) is 4.68 Å². The fourth-order valence-electron chi connectivity index (χ4n) is 2.04. The van der Waals surface area contributed by atoms with E-state index in [0.29, 0.717) is 23.3 Å². The number of aryl methyl sites for hydroxylation is 3. The molecule has 0 fully saturated rings. The number of para-hydroxylation sites is 1. The van der Waals surface area contributed by atoms with Crippen LogP contribution in [0.4, 0.5) is 0 Å². The summed E-state index contributed by atoms with van der Waals surface area (Å²) in [6.45, 7) is 2.09. The van der Waals surface area contributed by atoms with Crippen molar-refractivity contribution in [3.63, 3.8) is 0 Å². The third-order valence-corrected chi connectivity index (χ3v) is 3.34. The van der Waals surface area contributed by atoms with Crippen LogP contribution < -0.4 is 10.4 Å². The lowest BCUT2D eigenvalue weighted by molar-refractivity contribution is 0.294. The van der Waals surface area contributed by atoms with Gasteiger partial charge < -0.3 is 9.30 Å². The van der Waals surface area contributed by atoms with E-state index >= 15 is 0 Å². The zero-order valence-corrected chi connectivity index (χ0v) is 12.5. The van der Waals surface area contributed by atoms with E-state index in [9.17, 15) is 4.79 Å². The van der Waals surface area contributed by atoms with Crippen molar-refractivity contribution in [2.45, 2.75) is 13.5 Å². The number of hydrogen-bond acceptors (Lipinski definition) is 5. The molecule has 0 amide bonds. The maximum atomic E-state index is 12.0. The first-order valence-electron chi connectivity index (χ1n) is 7.17. The van der Waals surface area contributed by atoms with E-state index in [0.717, 1.165) is 14.9 Å². The number of imidazole rings is 1. The molecule has 0 bridgehead atoms. The van der Waals surface area contributed by atoms with E-state index in [1.54, 1.807) is 29.1 Å². The molecule has 0 aliphatic rings. The molecule has 8 heteroatoms. The SMILES string of the molecule is [3H]c1ccc(OCc2c(-n3nnn(C)c3=O)ncn2C)c(C)c1. The van der Waals surface area contributed by atoms with Crippen LogP contribution in [0.3, 0.4) is 0 Å². The summed E-state index contributed by atoms with van der Waals surface area (Å²) in [7, 11) is 3.34. The Labute approximate surface area is 128 Å². The largest absolute Gasteiger partial charge is 0.487 e. The van der Waals surface area contributed by atoms with Gasteiger partial charge in [0.15, 0.2) is 5.82 Å². The highest BCUT2D eigenvalue weighted by Crippen LogP contribution is 2.19. The molecule has 0 saturated carbocycles. The average Bonchev–Trinajstić information content (AvgIpc) is 3.02. The molecule has 0 saturated heterocycles. The van der Waals surface area contributed by atoms with Gasteiger partial charge in [0, 0.05) is 14.1 Å². The molecular formula is C14H16N6O2. The number of tetrazole rings is 1. The summed E-state index contributed by atoms with van der Waals surface area (Å²) in [6.07, 6.45) is 1.59. The van der Waals surface area contributed by atoms with Gasteiger partial charge in [0.05, 0.1) is 7.70 Å². The standard InChI is InChI=1S/C14H16N6O2/c1-10-6-4-5-7-12(10)22-8-11-13(15-9-18(11)2)20-14(21)19(3)16-17-20/h4-7,9H,8H2,1-3H3/i4T. The molecule has 1 aromatic carbocycles. The monoisotopic (exact) mass is 302 g/mol. The van der Waals surface area contributed by atoms with Crippen LogP contribution in [0.15, 0.2) is 35.4 Å². The van der Waals surface area contributed by atoms with E-state index < -0.39 is 0 Å². The first-order valence-corrected chi connectivity index (χ1v) is 6.67. The van der Waals surface area contributed by atoms with Gasteiger partial charge in [-0.2, -0.15) is 4.68 Å². The van der Waals surface area contributed by atoms with Crippen molar-refractivity contribution in [2.75, 3.05) is 0 Å². The Balaban J connectivity index is 1.90. The van der Waals surface area contributed by atoms with Crippen LogP contribution in [0.25, 0.3) is 5.82 Å². The minimum absolute atomic E-state index is 0.215. The summed E-state index contributed by atoms with van der Waals surface area (Å²) in [5.74, 6) is 1.07. The molecule has 0 atom stereocenters. The van der Waals surface area contributed by atoms with E-state index in [-0.39, 0.29) is 12.3 Å². The van der Waals surface area contributed by atoms with Crippen LogP contribution in [0.2, 0.25) is 0 Å². The van der Waals surface area contributed by atoms with Gasteiger partial charge in [-0.1, -0.05) is 18.2 Å². The van der Waals surface area contributed by atoms with Crippen molar-refractivity contribution in [2.24, 2.45) is 14.1 Å². The molecule has 22 heavy (non-hydrogen) atoms. The number of nitrogens with zero attached hydrogens (tertiary/aromatic N) is 6. The number of ether oxygens (including phenoxy) is 1. The van der Waals surface area contributed by atoms with Crippen molar-refractivity contribution in [1.82, 2.24) is 29.3 Å². The Bertz CT molecular complexity index is 910. The second-order valence-corrected chi connectivity index (χ2v) is 4.90. The van der Waals surface area contributed by atoms with Gasteiger partial charge >= 0.3 is 5.69 Å². The molecule has 3 aromatic rings. The molecule has 0 spiro atoms. The average molecular weight is 302 g/mol. The van der Waals surface area contributed by atoms with Crippen LogP contribution in [0, 0.1) is 6.92 Å². The summed E-state index contributed by atoms with van der Waals surface area (Å²) < 4.78 is 17.4. The predicted molar refractivity (Wildman–Crippen MR) is 78.9 cm³/mol. The number of rotatable bonds is 4. The first-order chi connectivity index (χ1) is 11.0. The summed E-state index contributed by atoms with van der Waals surface area (Å²) in [6, 6.07) is 5.58. The van der Waals surface area contributed by atoms with Crippen molar-refractivity contribution < 1.29 is 6.11 Å². The Hall–Kier alpha value is -2.90. The third-order valence-electron chi connectivity index (χ3n) is 3.34. The Morgan fingerprint density at radius 3 is 2.82 bits per heavy atom. The maximum absolute atomic E-state index is 12.0. The fourth-order valence-corrected chi connectivity index (χ4v) is 2.04. The lowest BCUT2D eigenvalue weighted by Crippen LogP contribution is -2.23. The molecule has 2 aromatic heterocycles. The van der Waals surface area contributed by atoms with Crippen molar-refractivity contribution >= 4 is 0 Å². The molecule has 8 nitrogen and oxygen atoms in total. The highest BCUT2D eigenvalue weighted by molar-refractivity contribution is 5.33. The smallest absolute Gasteiger partial charge is 0.369 e. The van der Waals surface area contributed by atoms with Gasteiger partial charge in [-0.05, 0) is 29.0 Å². The molecule has 3 rings (SSSR count). The van der Waals surface area contributed by atoms with Gasteiger partial charge in [0.1, 0.15) is 18.1 Å². The normalized spacial score (nSPS) is 11.5. The molecular weight excluding hydrogens is 284 g/mol. The summed E-state index contributed by atoms with van der Waals surface area (Å²) >= 11 is 0. The van der Waals surface area contributed by atoms with Crippen molar-refractivity contribution in [1.29, 1.82) is 0 Å². The third kappa shape index (κ3) is 2.39. The lowest BCUT2D eigenvalue weighted by atomic mass is 10.2. The topological polar surface area (TPSA) is 79.8 Å². The quantitative estimate of drug-likeness (QED) is 0.704. The van der Waals surface area contributed by atoms with Gasteiger partial charge in [-0.3, -0.25) is 0 Å². The molecule has 114 valence electrons. The zero-order chi connectivity index (χ0) is 16.6. The summed E-state index contributed by atoms with van der Waals surface area (Å²) in [4.78, 5) is 16.2. The van der Waals surface area contributed by atoms with Gasteiger partial charge in [-0.25, -0.2) is 9.78 Å². The van der Waals surface area contributed by atoms with Crippen LogP contribution in [0.5, 0.6) is 5.75 Å².